The molecule has 3 rings (SSSR count). The number of anilines is 1. The van der Waals surface area contributed by atoms with E-state index in [4.69, 9.17) is 27.9 Å². The van der Waals surface area contributed by atoms with Crippen LogP contribution in [0.5, 0.6) is 0 Å². The van der Waals surface area contributed by atoms with Crippen LogP contribution in [0, 0.1) is 6.92 Å². The number of hydrogen-bond acceptors (Lipinski definition) is 5. The van der Waals surface area contributed by atoms with Gasteiger partial charge in [0.2, 0.25) is 0 Å². The number of nitrogens with one attached hydrogen (secondary N) is 2. The van der Waals surface area contributed by atoms with Crippen LogP contribution in [0.25, 0.3) is 0 Å². The highest BCUT2D eigenvalue weighted by Gasteiger charge is 2.24. The molecule has 2 aromatic rings. The van der Waals surface area contributed by atoms with Gasteiger partial charge in [0.15, 0.2) is 0 Å². The maximum Gasteiger partial charge on any atom is 0.339 e. The van der Waals surface area contributed by atoms with Crippen LogP contribution in [-0.4, -0.2) is 47.6 Å². The second kappa shape index (κ2) is 8.84. The number of carbonyl (C=O) groups is 2. The fraction of sp³-hybridized carbons (Fsp3) is 0.421. The zero-order chi connectivity index (χ0) is 20.3. The third kappa shape index (κ3) is 4.42. The molecular weight excluding hydrogens is 403 g/mol. The zero-order valence-electron chi connectivity index (χ0n) is 15.7. The van der Waals surface area contributed by atoms with Crippen molar-refractivity contribution in [3.05, 3.63) is 45.5 Å². The molecule has 1 amide bonds. The molecule has 1 aliphatic rings. The fourth-order valence-electron chi connectivity index (χ4n) is 3.19. The van der Waals surface area contributed by atoms with Gasteiger partial charge in [-0.1, -0.05) is 23.2 Å². The molecule has 150 valence electrons. The molecule has 9 heteroatoms. The van der Waals surface area contributed by atoms with Gasteiger partial charge in [0, 0.05) is 31.0 Å². The van der Waals surface area contributed by atoms with E-state index in [1.54, 1.807) is 26.1 Å². The topological polar surface area (TPSA) is 87.3 Å². The lowest BCUT2D eigenvalue weighted by Crippen LogP contribution is -2.45. The van der Waals surface area contributed by atoms with Crippen molar-refractivity contribution in [2.24, 2.45) is 0 Å². The number of H-pyrrole nitrogens is 1. The third-order valence-corrected chi connectivity index (χ3v) is 5.66. The van der Waals surface area contributed by atoms with E-state index < -0.39 is 0 Å². The van der Waals surface area contributed by atoms with Crippen molar-refractivity contribution in [2.75, 3.05) is 24.6 Å². The Hall–Kier alpha value is -2.25. The van der Waals surface area contributed by atoms with Gasteiger partial charge in [-0.25, -0.2) is 4.79 Å². The zero-order valence-corrected chi connectivity index (χ0v) is 17.2. The molecule has 1 aliphatic heterocycles. The monoisotopic (exact) mass is 424 g/mol. The van der Waals surface area contributed by atoms with E-state index in [2.05, 4.69) is 20.2 Å². The maximum atomic E-state index is 12.5. The van der Waals surface area contributed by atoms with Crippen molar-refractivity contribution in [3.8, 4) is 0 Å². The lowest BCUT2D eigenvalue weighted by molar-refractivity contribution is 0.0525. The van der Waals surface area contributed by atoms with Gasteiger partial charge in [-0.05, 0) is 32.8 Å². The number of carbonyl (C=O) groups excluding carboxylic acids is 2. The van der Waals surface area contributed by atoms with Gasteiger partial charge in [0.1, 0.15) is 5.69 Å². The number of amides is 1. The average molecular weight is 425 g/mol. The predicted octanol–water partition coefficient (Wildman–Crippen LogP) is 3.60. The lowest BCUT2D eigenvalue weighted by Gasteiger charge is -2.33. The van der Waals surface area contributed by atoms with Crippen molar-refractivity contribution < 1.29 is 14.3 Å². The van der Waals surface area contributed by atoms with E-state index in [9.17, 15) is 9.59 Å². The molecule has 0 unspecified atom stereocenters. The number of esters is 1. The third-order valence-electron chi connectivity index (χ3n) is 4.71. The van der Waals surface area contributed by atoms with Crippen LogP contribution in [0.15, 0.2) is 18.5 Å². The van der Waals surface area contributed by atoms with Crippen LogP contribution in [0.2, 0.25) is 10.0 Å². The van der Waals surface area contributed by atoms with E-state index in [1.165, 1.54) is 6.20 Å². The average Bonchev–Trinajstić information content (AvgIpc) is 2.96. The van der Waals surface area contributed by atoms with Crippen LogP contribution < -0.4 is 10.2 Å². The molecule has 0 radical (unpaired) electrons. The molecule has 0 aliphatic carbocycles. The van der Waals surface area contributed by atoms with Gasteiger partial charge < -0.3 is 19.9 Å². The summed E-state index contributed by atoms with van der Waals surface area (Å²) < 4.78 is 5.02. The highest BCUT2D eigenvalue weighted by molar-refractivity contribution is 6.44. The van der Waals surface area contributed by atoms with Crippen LogP contribution in [-0.2, 0) is 4.74 Å². The number of aryl methyl sites for hydroxylation is 1. The van der Waals surface area contributed by atoms with E-state index in [0.717, 1.165) is 31.6 Å². The number of hydrogen-bond donors (Lipinski definition) is 2. The van der Waals surface area contributed by atoms with E-state index >= 15 is 0 Å². The van der Waals surface area contributed by atoms with Crippen molar-refractivity contribution in [1.29, 1.82) is 0 Å². The molecule has 2 N–H and O–H groups in total. The van der Waals surface area contributed by atoms with Gasteiger partial charge in [-0.2, -0.15) is 0 Å². The van der Waals surface area contributed by atoms with Crippen molar-refractivity contribution >= 4 is 40.8 Å². The first-order valence-corrected chi connectivity index (χ1v) is 9.87. The second-order valence-electron chi connectivity index (χ2n) is 6.64. The number of ether oxygens (including phenoxy) is 1. The van der Waals surface area contributed by atoms with Gasteiger partial charge in [-0.15, -0.1) is 0 Å². The molecule has 0 spiro atoms. The molecule has 0 aromatic carbocycles. The Kier molecular flexibility index (Phi) is 6.46. The van der Waals surface area contributed by atoms with Gasteiger partial charge in [0.05, 0.1) is 34.1 Å². The molecule has 0 bridgehead atoms. The standard InChI is InChI=1S/C19H22Cl2N4O3/c1-3-28-19(27)12-8-14(10-22-9-12)25-6-4-13(5-7-25)24-18(26)17-16(21)15(20)11(2)23-17/h8-10,13,23H,3-7H2,1-2H3,(H,24,26). The van der Waals surface area contributed by atoms with Crippen LogP contribution in [0.1, 0.15) is 46.3 Å². The summed E-state index contributed by atoms with van der Waals surface area (Å²) in [7, 11) is 0. The Morgan fingerprint density at radius 2 is 2.00 bits per heavy atom. The molecular formula is C19H22Cl2N4O3. The van der Waals surface area contributed by atoms with Crippen molar-refractivity contribution in [3.63, 3.8) is 0 Å². The summed E-state index contributed by atoms with van der Waals surface area (Å²) in [5.41, 5.74) is 2.26. The molecule has 0 saturated carbocycles. The smallest absolute Gasteiger partial charge is 0.339 e. The van der Waals surface area contributed by atoms with E-state index in [1.807, 2.05) is 0 Å². The maximum absolute atomic E-state index is 12.5. The van der Waals surface area contributed by atoms with Crippen molar-refractivity contribution in [2.45, 2.75) is 32.7 Å². The minimum absolute atomic E-state index is 0.0309. The predicted molar refractivity (Wildman–Crippen MR) is 108 cm³/mol. The van der Waals surface area contributed by atoms with E-state index in [0.29, 0.717) is 22.9 Å². The molecule has 28 heavy (non-hydrogen) atoms. The SMILES string of the molecule is CCOC(=O)c1cncc(N2CCC(NC(=O)c3[nH]c(C)c(Cl)c3Cl)CC2)c1. The minimum Gasteiger partial charge on any atom is -0.462 e. The second-order valence-corrected chi connectivity index (χ2v) is 7.40. The molecule has 0 atom stereocenters. The number of nitrogens with zero attached hydrogens (tertiary/aromatic N) is 2. The molecule has 7 nitrogen and oxygen atoms in total. The van der Waals surface area contributed by atoms with Crippen LogP contribution >= 0.6 is 23.2 Å². The number of rotatable bonds is 5. The highest BCUT2D eigenvalue weighted by Crippen LogP contribution is 2.29. The largest absolute Gasteiger partial charge is 0.462 e. The summed E-state index contributed by atoms with van der Waals surface area (Å²) in [6, 6.07) is 1.82. The summed E-state index contributed by atoms with van der Waals surface area (Å²) in [5, 5.41) is 3.62. The fourth-order valence-corrected chi connectivity index (χ4v) is 3.61. The number of halogens is 2. The Labute approximate surface area is 173 Å². The molecule has 3 heterocycles. The Balaban J connectivity index is 1.59. The first kappa shape index (κ1) is 20.5. The van der Waals surface area contributed by atoms with Gasteiger partial charge >= 0.3 is 5.97 Å². The number of pyridine rings is 1. The Morgan fingerprint density at radius 3 is 2.61 bits per heavy atom. The number of aromatic nitrogens is 2. The lowest BCUT2D eigenvalue weighted by atomic mass is 10.0. The Bertz CT molecular complexity index is 876. The van der Waals surface area contributed by atoms with E-state index in [-0.39, 0.29) is 28.6 Å². The Morgan fingerprint density at radius 1 is 1.29 bits per heavy atom. The summed E-state index contributed by atoms with van der Waals surface area (Å²) in [5.74, 6) is -0.639. The first-order chi connectivity index (χ1) is 13.4. The normalized spacial score (nSPS) is 14.8. The van der Waals surface area contributed by atoms with Crippen LogP contribution in [0.3, 0.4) is 0 Å². The highest BCUT2D eigenvalue weighted by atomic mass is 35.5. The van der Waals surface area contributed by atoms with Gasteiger partial charge in [0.25, 0.3) is 5.91 Å². The van der Waals surface area contributed by atoms with Crippen LogP contribution in [0.4, 0.5) is 5.69 Å². The summed E-state index contributed by atoms with van der Waals surface area (Å²) in [6.07, 6.45) is 4.76. The minimum atomic E-state index is -0.379. The summed E-state index contributed by atoms with van der Waals surface area (Å²) in [6.45, 7) is 5.32. The summed E-state index contributed by atoms with van der Waals surface area (Å²) in [4.78, 5) is 33.6. The molecule has 1 fully saturated rings. The number of piperidine rings is 1. The molecule has 2 aromatic heterocycles. The number of aromatic amines is 1. The van der Waals surface area contributed by atoms with Gasteiger partial charge in [-0.3, -0.25) is 9.78 Å². The quantitative estimate of drug-likeness (QED) is 0.715. The summed E-state index contributed by atoms with van der Waals surface area (Å²) >= 11 is 12.2. The first-order valence-electron chi connectivity index (χ1n) is 9.12. The molecule has 1 saturated heterocycles. The van der Waals surface area contributed by atoms with Crippen molar-refractivity contribution in [1.82, 2.24) is 15.3 Å².